The van der Waals surface area contributed by atoms with E-state index >= 15 is 0 Å². The van der Waals surface area contributed by atoms with Gasteiger partial charge in [-0.25, -0.2) is 0 Å². The smallest absolute Gasteiger partial charge is 0.0594 e. The maximum Gasteiger partial charge on any atom is 0.0594 e. The van der Waals surface area contributed by atoms with Gasteiger partial charge in [0.25, 0.3) is 0 Å². The Morgan fingerprint density at radius 1 is 1.21 bits per heavy atom. The van der Waals surface area contributed by atoms with Gasteiger partial charge in [0.15, 0.2) is 0 Å². The van der Waals surface area contributed by atoms with Gasteiger partial charge in [0.05, 0.1) is 13.2 Å². The number of benzene rings is 1. The largest absolute Gasteiger partial charge is 0.379 e. The molecule has 2 rings (SSSR count). The van der Waals surface area contributed by atoms with E-state index in [1.165, 1.54) is 36.2 Å². The normalized spacial score (nSPS) is 16.6. The van der Waals surface area contributed by atoms with Crippen LogP contribution in [0.1, 0.15) is 17.5 Å². The number of morpholine rings is 1. The molecule has 0 unspecified atom stereocenters. The van der Waals surface area contributed by atoms with Crippen molar-refractivity contribution in [1.82, 2.24) is 4.90 Å². The summed E-state index contributed by atoms with van der Waals surface area (Å²) in [4.78, 5) is 4.68. The van der Waals surface area contributed by atoms with Gasteiger partial charge in [-0.1, -0.05) is 12.1 Å². The monoisotopic (exact) mass is 262 g/mol. The molecule has 0 radical (unpaired) electrons. The second kappa shape index (κ2) is 6.92. The van der Waals surface area contributed by atoms with E-state index in [1.807, 2.05) is 0 Å². The number of rotatable bonds is 5. The van der Waals surface area contributed by atoms with Crippen LogP contribution in [0.2, 0.25) is 0 Å². The summed E-state index contributed by atoms with van der Waals surface area (Å²) in [6.45, 7) is 7.38. The third kappa shape index (κ3) is 4.22. The summed E-state index contributed by atoms with van der Waals surface area (Å²) in [6, 6.07) is 6.83. The summed E-state index contributed by atoms with van der Waals surface area (Å²) < 4.78 is 5.37. The van der Waals surface area contributed by atoms with Crippen molar-refractivity contribution in [2.45, 2.75) is 19.8 Å². The number of aryl methyl sites for hydroxylation is 2. The first kappa shape index (κ1) is 14.4. The predicted molar refractivity (Wildman–Crippen MR) is 81.1 cm³/mol. The molecule has 0 aromatic heterocycles. The molecule has 0 bridgehead atoms. The highest BCUT2D eigenvalue weighted by Crippen LogP contribution is 2.19. The van der Waals surface area contributed by atoms with Crippen LogP contribution in [-0.2, 0) is 11.2 Å². The van der Waals surface area contributed by atoms with E-state index in [1.54, 1.807) is 0 Å². The number of hydrogen-bond acceptors (Lipinski definition) is 3. The van der Waals surface area contributed by atoms with Crippen molar-refractivity contribution in [3.8, 4) is 0 Å². The highest BCUT2D eigenvalue weighted by atomic mass is 16.5. The van der Waals surface area contributed by atoms with E-state index in [-0.39, 0.29) is 0 Å². The van der Waals surface area contributed by atoms with E-state index < -0.39 is 0 Å². The molecule has 0 aliphatic carbocycles. The minimum absolute atomic E-state index is 0.899. The molecule has 3 heteroatoms. The summed E-state index contributed by atoms with van der Waals surface area (Å²) in [7, 11) is 4.20. The first-order chi connectivity index (χ1) is 9.16. The van der Waals surface area contributed by atoms with Crippen LogP contribution >= 0.6 is 0 Å². The highest BCUT2D eigenvalue weighted by Gasteiger charge is 2.09. The zero-order valence-corrected chi connectivity index (χ0v) is 12.5. The van der Waals surface area contributed by atoms with Crippen LogP contribution in [0.25, 0.3) is 0 Å². The molecular formula is C16H26N2O. The summed E-state index contributed by atoms with van der Waals surface area (Å²) in [6.07, 6.45) is 2.41. The van der Waals surface area contributed by atoms with E-state index in [9.17, 15) is 0 Å². The van der Waals surface area contributed by atoms with E-state index in [4.69, 9.17) is 4.74 Å². The molecule has 0 spiro atoms. The third-order valence-electron chi connectivity index (χ3n) is 3.79. The standard InChI is InChI=1S/C16H26N2O/c1-14-13-15(6-7-16(14)17(2)3)5-4-8-18-9-11-19-12-10-18/h6-7,13H,4-5,8-12H2,1-3H3. The minimum atomic E-state index is 0.899. The van der Waals surface area contributed by atoms with Crippen LogP contribution in [0.5, 0.6) is 0 Å². The van der Waals surface area contributed by atoms with Gasteiger partial charge in [-0.3, -0.25) is 4.90 Å². The number of ether oxygens (including phenoxy) is 1. The lowest BCUT2D eigenvalue weighted by molar-refractivity contribution is 0.0375. The molecule has 106 valence electrons. The lowest BCUT2D eigenvalue weighted by atomic mass is 10.0. The number of nitrogens with zero attached hydrogens (tertiary/aromatic N) is 2. The highest BCUT2D eigenvalue weighted by molar-refractivity contribution is 5.53. The zero-order chi connectivity index (χ0) is 13.7. The molecule has 0 amide bonds. The fourth-order valence-electron chi connectivity index (χ4n) is 2.71. The molecule has 1 saturated heterocycles. The number of anilines is 1. The van der Waals surface area contributed by atoms with Gasteiger partial charge >= 0.3 is 0 Å². The SMILES string of the molecule is Cc1cc(CCCN2CCOCC2)ccc1N(C)C. The van der Waals surface area contributed by atoms with Crippen molar-refractivity contribution in [3.63, 3.8) is 0 Å². The third-order valence-corrected chi connectivity index (χ3v) is 3.79. The van der Waals surface area contributed by atoms with Crippen molar-refractivity contribution in [2.75, 3.05) is 51.8 Å². The molecule has 19 heavy (non-hydrogen) atoms. The van der Waals surface area contributed by atoms with Crippen LogP contribution in [0.3, 0.4) is 0 Å². The van der Waals surface area contributed by atoms with E-state index in [2.05, 4.69) is 49.0 Å². The van der Waals surface area contributed by atoms with Crippen LogP contribution < -0.4 is 4.90 Å². The first-order valence-corrected chi connectivity index (χ1v) is 7.24. The zero-order valence-electron chi connectivity index (χ0n) is 12.5. The summed E-state index contributed by atoms with van der Waals surface area (Å²) in [5.74, 6) is 0. The molecule has 1 aliphatic rings. The Hall–Kier alpha value is -1.06. The van der Waals surface area contributed by atoms with Crippen LogP contribution in [0.15, 0.2) is 18.2 Å². The van der Waals surface area contributed by atoms with Gasteiger partial charge in [-0.05, 0) is 43.5 Å². The molecule has 0 N–H and O–H groups in total. The fraction of sp³-hybridized carbons (Fsp3) is 0.625. The van der Waals surface area contributed by atoms with Crippen molar-refractivity contribution < 1.29 is 4.74 Å². The van der Waals surface area contributed by atoms with Crippen molar-refractivity contribution in [3.05, 3.63) is 29.3 Å². The molecule has 1 heterocycles. The number of hydrogen-bond donors (Lipinski definition) is 0. The van der Waals surface area contributed by atoms with Gasteiger partial charge in [0, 0.05) is 32.9 Å². The van der Waals surface area contributed by atoms with Gasteiger partial charge in [0.1, 0.15) is 0 Å². The Morgan fingerprint density at radius 3 is 2.58 bits per heavy atom. The molecular weight excluding hydrogens is 236 g/mol. The Bertz CT molecular complexity index is 398. The molecule has 0 saturated carbocycles. The Kier molecular flexibility index (Phi) is 5.23. The second-order valence-corrected chi connectivity index (χ2v) is 5.57. The first-order valence-electron chi connectivity index (χ1n) is 7.24. The lowest BCUT2D eigenvalue weighted by Crippen LogP contribution is -2.36. The van der Waals surface area contributed by atoms with Gasteiger partial charge in [-0.2, -0.15) is 0 Å². The van der Waals surface area contributed by atoms with Crippen molar-refractivity contribution in [2.24, 2.45) is 0 Å². The van der Waals surface area contributed by atoms with Crippen LogP contribution in [0.4, 0.5) is 5.69 Å². The van der Waals surface area contributed by atoms with Gasteiger partial charge in [0.2, 0.25) is 0 Å². The topological polar surface area (TPSA) is 15.7 Å². The maximum atomic E-state index is 5.37. The predicted octanol–water partition coefficient (Wildman–Crippen LogP) is 2.33. The Labute approximate surface area is 117 Å². The fourth-order valence-corrected chi connectivity index (χ4v) is 2.71. The molecule has 1 aromatic carbocycles. The Balaban J connectivity index is 1.81. The summed E-state index contributed by atoms with van der Waals surface area (Å²) >= 11 is 0. The Morgan fingerprint density at radius 2 is 1.95 bits per heavy atom. The maximum absolute atomic E-state index is 5.37. The van der Waals surface area contributed by atoms with E-state index in [0.717, 1.165) is 26.3 Å². The minimum Gasteiger partial charge on any atom is -0.379 e. The molecule has 1 aliphatic heterocycles. The van der Waals surface area contributed by atoms with E-state index in [0.29, 0.717) is 0 Å². The molecule has 3 nitrogen and oxygen atoms in total. The molecule has 1 aromatic rings. The average molecular weight is 262 g/mol. The second-order valence-electron chi connectivity index (χ2n) is 5.57. The summed E-state index contributed by atoms with van der Waals surface area (Å²) in [5, 5.41) is 0. The van der Waals surface area contributed by atoms with Gasteiger partial charge in [-0.15, -0.1) is 0 Å². The molecule has 0 atom stereocenters. The lowest BCUT2D eigenvalue weighted by Gasteiger charge is -2.26. The van der Waals surface area contributed by atoms with Crippen LogP contribution in [0, 0.1) is 6.92 Å². The van der Waals surface area contributed by atoms with Crippen molar-refractivity contribution in [1.29, 1.82) is 0 Å². The van der Waals surface area contributed by atoms with Crippen LogP contribution in [-0.4, -0.2) is 51.8 Å². The molecule has 1 fully saturated rings. The average Bonchev–Trinajstić information content (AvgIpc) is 2.39. The summed E-state index contributed by atoms with van der Waals surface area (Å²) in [5.41, 5.74) is 4.14. The van der Waals surface area contributed by atoms with Crippen molar-refractivity contribution >= 4 is 5.69 Å². The van der Waals surface area contributed by atoms with Gasteiger partial charge < -0.3 is 9.64 Å². The quantitative estimate of drug-likeness (QED) is 0.810.